The van der Waals surface area contributed by atoms with Crippen molar-refractivity contribution in [1.82, 2.24) is 4.90 Å². The Morgan fingerprint density at radius 1 is 1.38 bits per heavy atom. The molecule has 1 heterocycles. The van der Waals surface area contributed by atoms with Gasteiger partial charge in [0.25, 0.3) is 0 Å². The summed E-state index contributed by atoms with van der Waals surface area (Å²) in [6.07, 6.45) is 4.02. The van der Waals surface area contributed by atoms with Gasteiger partial charge in [-0.25, -0.2) is 0 Å². The maximum Gasteiger partial charge on any atom is 0.225 e. The summed E-state index contributed by atoms with van der Waals surface area (Å²) in [6, 6.07) is 8.20. The van der Waals surface area contributed by atoms with Crippen LogP contribution in [0.25, 0.3) is 0 Å². The van der Waals surface area contributed by atoms with Gasteiger partial charge in [0, 0.05) is 24.9 Å². The van der Waals surface area contributed by atoms with Crippen molar-refractivity contribution in [1.29, 1.82) is 0 Å². The van der Waals surface area contributed by atoms with Crippen molar-refractivity contribution in [2.45, 2.75) is 38.7 Å². The number of carbonyl (C=O) groups is 1. The fraction of sp³-hybridized carbons (Fsp3) is 0.529. The Labute approximate surface area is 125 Å². The van der Waals surface area contributed by atoms with Crippen LogP contribution in [0.15, 0.2) is 29.4 Å². The van der Waals surface area contributed by atoms with Gasteiger partial charge in [0.15, 0.2) is 6.10 Å². The van der Waals surface area contributed by atoms with Crippen molar-refractivity contribution in [3.8, 4) is 0 Å². The SMILES string of the molecule is Cc1ccccc1C1=NOC(CN(C)C(=O)C2CCC2)C1. The van der Waals surface area contributed by atoms with Gasteiger partial charge in [0.05, 0.1) is 12.3 Å². The molecule has 1 amide bonds. The van der Waals surface area contributed by atoms with E-state index in [0.29, 0.717) is 6.54 Å². The summed E-state index contributed by atoms with van der Waals surface area (Å²) in [7, 11) is 1.87. The first kappa shape index (κ1) is 14.1. The first-order valence-corrected chi connectivity index (χ1v) is 7.69. The number of rotatable bonds is 4. The highest BCUT2D eigenvalue weighted by molar-refractivity contribution is 6.02. The van der Waals surface area contributed by atoms with Gasteiger partial charge in [0.2, 0.25) is 5.91 Å². The zero-order valence-electron chi connectivity index (χ0n) is 12.7. The highest BCUT2D eigenvalue weighted by Crippen LogP contribution is 2.28. The third-order valence-electron chi connectivity index (χ3n) is 4.50. The first-order valence-electron chi connectivity index (χ1n) is 7.69. The molecule has 0 spiro atoms. The number of oxime groups is 1. The van der Waals surface area contributed by atoms with Gasteiger partial charge in [0.1, 0.15) is 0 Å². The Bertz CT molecular complexity index is 564. The molecule has 1 saturated carbocycles. The van der Waals surface area contributed by atoms with E-state index in [1.54, 1.807) is 0 Å². The number of benzene rings is 1. The van der Waals surface area contributed by atoms with Crippen LogP contribution in [-0.4, -0.2) is 36.2 Å². The number of hydrogen-bond acceptors (Lipinski definition) is 3. The Hall–Kier alpha value is -1.84. The van der Waals surface area contributed by atoms with Crippen LogP contribution in [0.1, 0.15) is 36.8 Å². The smallest absolute Gasteiger partial charge is 0.225 e. The molecule has 21 heavy (non-hydrogen) atoms. The van der Waals surface area contributed by atoms with Crippen molar-refractivity contribution in [2.24, 2.45) is 11.1 Å². The highest BCUT2D eigenvalue weighted by atomic mass is 16.6. The Kier molecular flexibility index (Phi) is 3.95. The summed E-state index contributed by atoms with van der Waals surface area (Å²) in [5.41, 5.74) is 3.34. The molecule has 4 nitrogen and oxygen atoms in total. The number of aryl methyl sites for hydroxylation is 1. The summed E-state index contributed by atoms with van der Waals surface area (Å²) < 4.78 is 0. The van der Waals surface area contributed by atoms with E-state index in [1.807, 2.05) is 24.1 Å². The first-order chi connectivity index (χ1) is 10.1. The van der Waals surface area contributed by atoms with Gasteiger partial charge in [-0.3, -0.25) is 4.79 Å². The van der Waals surface area contributed by atoms with Gasteiger partial charge in [-0.15, -0.1) is 0 Å². The Morgan fingerprint density at radius 3 is 2.81 bits per heavy atom. The second-order valence-electron chi connectivity index (χ2n) is 6.13. The number of hydrogen-bond donors (Lipinski definition) is 0. The second-order valence-corrected chi connectivity index (χ2v) is 6.13. The predicted octanol–water partition coefficient (Wildman–Crippen LogP) is 2.75. The lowest BCUT2D eigenvalue weighted by atomic mass is 9.84. The van der Waals surface area contributed by atoms with Gasteiger partial charge in [-0.05, 0) is 25.3 Å². The van der Waals surface area contributed by atoms with E-state index >= 15 is 0 Å². The summed E-state index contributed by atoms with van der Waals surface area (Å²) in [4.78, 5) is 19.5. The molecule has 2 aliphatic rings. The zero-order chi connectivity index (χ0) is 14.8. The zero-order valence-corrected chi connectivity index (χ0v) is 12.7. The van der Waals surface area contributed by atoms with E-state index in [0.717, 1.165) is 30.5 Å². The van der Waals surface area contributed by atoms with Crippen LogP contribution in [0.5, 0.6) is 0 Å². The topological polar surface area (TPSA) is 41.9 Å². The van der Waals surface area contributed by atoms with Crippen molar-refractivity contribution < 1.29 is 9.63 Å². The van der Waals surface area contributed by atoms with E-state index in [4.69, 9.17) is 4.84 Å². The van der Waals surface area contributed by atoms with Gasteiger partial charge >= 0.3 is 0 Å². The molecule has 112 valence electrons. The molecular weight excluding hydrogens is 264 g/mol. The summed E-state index contributed by atoms with van der Waals surface area (Å²) in [5.74, 6) is 0.502. The minimum atomic E-state index is -0.0198. The molecule has 0 aromatic heterocycles. The number of amides is 1. The molecule has 0 bridgehead atoms. The third kappa shape index (κ3) is 2.94. The predicted molar refractivity (Wildman–Crippen MR) is 82.2 cm³/mol. The highest BCUT2D eigenvalue weighted by Gasteiger charge is 2.31. The van der Waals surface area contributed by atoms with Gasteiger partial charge < -0.3 is 9.74 Å². The fourth-order valence-electron chi connectivity index (χ4n) is 2.94. The molecule has 1 fully saturated rings. The molecule has 1 atom stereocenters. The maximum absolute atomic E-state index is 12.2. The molecule has 1 aliphatic heterocycles. The molecule has 4 heteroatoms. The Morgan fingerprint density at radius 2 is 2.14 bits per heavy atom. The Balaban J connectivity index is 1.56. The van der Waals surface area contributed by atoms with E-state index in [2.05, 4.69) is 24.2 Å². The molecular formula is C17H22N2O2. The molecule has 0 radical (unpaired) electrons. The quantitative estimate of drug-likeness (QED) is 0.854. The maximum atomic E-state index is 12.2. The third-order valence-corrected chi connectivity index (χ3v) is 4.50. The van der Waals surface area contributed by atoms with Crippen LogP contribution < -0.4 is 0 Å². The van der Waals surface area contributed by atoms with Crippen molar-refractivity contribution in [2.75, 3.05) is 13.6 Å². The molecule has 1 unspecified atom stereocenters. The van der Waals surface area contributed by atoms with E-state index in [1.165, 1.54) is 12.0 Å². The van der Waals surface area contributed by atoms with Crippen molar-refractivity contribution in [3.63, 3.8) is 0 Å². The minimum absolute atomic E-state index is 0.0198. The molecule has 1 aromatic carbocycles. The van der Waals surface area contributed by atoms with E-state index in [-0.39, 0.29) is 17.9 Å². The monoisotopic (exact) mass is 286 g/mol. The second kappa shape index (κ2) is 5.88. The summed E-state index contributed by atoms with van der Waals surface area (Å²) in [5, 5.41) is 4.22. The molecule has 1 aliphatic carbocycles. The lowest BCUT2D eigenvalue weighted by molar-refractivity contribution is -0.138. The number of carbonyl (C=O) groups excluding carboxylic acids is 1. The molecule has 0 saturated heterocycles. The van der Waals surface area contributed by atoms with Crippen LogP contribution >= 0.6 is 0 Å². The van der Waals surface area contributed by atoms with Crippen LogP contribution in [0.4, 0.5) is 0 Å². The largest absolute Gasteiger partial charge is 0.390 e. The standard InChI is InChI=1S/C17H22N2O2/c1-12-6-3-4-9-15(12)16-10-14(21-18-16)11-19(2)17(20)13-7-5-8-13/h3-4,6,9,13-14H,5,7-8,10-11H2,1-2H3. The summed E-state index contributed by atoms with van der Waals surface area (Å²) >= 11 is 0. The normalized spacial score (nSPS) is 21.4. The average Bonchev–Trinajstić information content (AvgIpc) is 2.85. The summed E-state index contributed by atoms with van der Waals surface area (Å²) in [6.45, 7) is 2.70. The van der Waals surface area contributed by atoms with E-state index in [9.17, 15) is 4.79 Å². The van der Waals surface area contributed by atoms with Crippen molar-refractivity contribution >= 4 is 11.6 Å². The van der Waals surface area contributed by atoms with Crippen molar-refractivity contribution in [3.05, 3.63) is 35.4 Å². The van der Waals surface area contributed by atoms with E-state index < -0.39 is 0 Å². The average molecular weight is 286 g/mol. The van der Waals surface area contributed by atoms with Crippen LogP contribution in [0.2, 0.25) is 0 Å². The number of likely N-dealkylation sites (N-methyl/N-ethyl adjacent to an activating group) is 1. The molecule has 1 aromatic rings. The van der Waals surface area contributed by atoms with Crippen LogP contribution in [0.3, 0.4) is 0 Å². The minimum Gasteiger partial charge on any atom is -0.390 e. The van der Waals surface area contributed by atoms with Crippen LogP contribution in [-0.2, 0) is 9.63 Å². The van der Waals surface area contributed by atoms with Gasteiger partial charge in [-0.1, -0.05) is 35.8 Å². The van der Waals surface area contributed by atoms with Gasteiger partial charge in [-0.2, -0.15) is 0 Å². The molecule has 0 N–H and O–H groups in total. The number of nitrogens with zero attached hydrogens (tertiary/aromatic N) is 2. The lowest BCUT2D eigenvalue weighted by Gasteiger charge is -2.30. The fourth-order valence-corrected chi connectivity index (χ4v) is 2.94. The van der Waals surface area contributed by atoms with Crippen LogP contribution in [0, 0.1) is 12.8 Å². The molecule has 3 rings (SSSR count). The lowest BCUT2D eigenvalue weighted by Crippen LogP contribution is -2.40.